The Morgan fingerprint density at radius 2 is 2.08 bits per heavy atom. The predicted octanol–water partition coefficient (Wildman–Crippen LogP) is 1.69. The van der Waals surface area contributed by atoms with E-state index < -0.39 is 6.10 Å². The molecule has 1 aliphatic rings. The number of β-amino-alcohol motifs (C(OH)–C–C–N with tert-alkyl or cyclic N) is 1. The molecule has 7 heteroatoms. The van der Waals surface area contributed by atoms with Crippen LogP contribution in [0.4, 0.5) is 0 Å². The summed E-state index contributed by atoms with van der Waals surface area (Å²) >= 11 is 0. The summed E-state index contributed by atoms with van der Waals surface area (Å²) in [6.07, 6.45) is 2.07. The maximum atomic E-state index is 12.4. The first-order chi connectivity index (χ1) is 12.0. The number of carbonyl (C=O) groups is 1. The molecule has 0 unspecified atom stereocenters. The Hall–Kier alpha value is -2.12. The minimum absolute atomic E-state index is 0.159. The number of aryl methyl sites for hydroxylation is 2. The van der Waals surface area contributed by atoms with E-state index in [9.17, 15) is 9.90 Å². The van der Waals surface area contributed by atoms with Crippen molar-refractivity contribution in [1.29, 1.82) is 0 Å². The van der Waals surface area contributed by atoms with Gasteiger partial charge < -0.3 is 18.9 Å². The molecule has 25 heavy (non-hydrogen) atoms. The quantitative estimate of drug-likeness (QED) is 0.856. The van der Waals surface area contributed by atoms with Crippen LogP contribution in [-0.4, -0.2) is 58.7 Å². The van der Waals surface area contributed by atoms with Gasteiger partial charge in [-0.3, -0.25) is 9.69 Å². The summed E-state index contributed by atoms with van der Waals surface area (Å²) in [5.41, 5.74) is 1.90. The van der Waals surface area contributed by atoms with Crippen molar-refractivity contribution in [3.05, 3.63) is 41.2 Å². The Bertz CT molecular complexity index is 668. The largest absolute Gasteiger partial charge is 0.467 e. The lowest BCUT2D eigenvalue weighted by Crippen LogP contribution is -2.49. The average Bonchev–Trinajstić information content (AvgIpc) is 3.24. The summed E-state index contributed by atoms with van der Waals surface area (Å²) in [5, 5.41) is 14.1. The molecule has 3 heterocycles. The molecule has 2 aromatic rings. The molecule has 0 saturated carbocycles. The third-order valence-electron chi connectivity index (χ3n) is 4.80. The number of rotatable bonds is 6. The zero-order valence-electron chi connectivity index (χ0n) is 14.8. The molecule has 1 fully saturated rings. The zero-order chi connectivity index (χ0) is 17.8. The van der Waals surface area contributed by atoms with Crippen LogP contribution in [0.15, 0.2) is 27.3 Å². The maximum Gasteiger partial charge on any atom is 0.222 e. The molecule has 0 radical (unpaired) electrons. The lowest BCUT2D eigenvalue weighted by molar-refractivity contribution is -0.133. The van der Waals surface area contributed by atoms with Crippen LogP contribution in [0.3, 0.4) is 0 Å². The molecule has 0 spiro atoms. The van der Waals surface area contributed by atoms with Crippen molar-refractivity contribution >= 4 is 5.91 Å². The standard InChI is InChI=1S/C18H25N3O4/c1-13-15(14(2)25-19-13)5-6-18(23)21-9-7-20(8-10-21)12-16(22)17-4-3-11-24-17/h3-4,11,16,22H,5-10,12H2,1-2H3/t16-/m0/s1. The smallest absolute Gasteiger partial charge is 0.222 e. The van der Waals surface area contributed by atoms with Crippen LogP contribution in [0.2, 0.25) is 0 Å². The van der Waals surface area contributed by atoms with Crippen LogP contribution in [-0.2, 0) is 11.2 Å². The lowest BCUT2D eigenvalue weighted by atomic mass is 10.1. The van der Waals surface area contributed by atoms with Crippen LogP contribution < -0.4 is 0 Å². The molecule has 3 rings (SSSR count). The molecule has 1 N–H and O–H groups in total. The number of carbonyl (C=O) groups excluding carboxylic acids is 1. The van der Waals surface area contributed by atoms with E-state index in [0.29, 0.717) is 38.2 Å². The SMILES string of the molecule is Cc1noc(C)c1CCC(=O)N1CCN(C[C@H](O)c2ccco2)CC1. The summed E-state index contributed by atoms with van der Waals surface area (Å²) < 4.78 is 10.4. The third kappa shape index (κ3) is 4.29. The summed E-state index contributed by atoms with van der Waals surface area (Å²) in [6.45, 7) is 7.19. The number of hydrogen-bond acceptors (Lipinski definition) is 6. The van der Waals surface area contributed by atoms with Crippen molar-refractivity contribution in [1.82, 2.24) is 15.0 Å². The molecule has 0 aromatic carbocycles. The van der Waals surface area contributed by atoms with Gasteiger partial charge in [0.05, 0.1) is 12.0 Å². The maximum absolute atomic E-state index is 12.4. The van der Waals surface area contributed by atoms with E-state index in [1.807, 2.05) is 18.7 Å². The van der Waals surface area contributed by atoms with E-state index >= 15 is 0 Å². The van der Waals surface area contributed by atoms with Crippen molar-refractivity contribution in [2.45, 2.75) is 32.8 Å². The molecule has 1 amide bonds. The van der Waals surface area contributed by atoms with Crippen LogP contribution in [0.1, 0.15) is 35.3 Å². The number of aliphatic hydroxyl groups excluding tert-OH is 1. The Balaban J connectivity index is 1.43. The van der Waals surface area contributed by atoms with Gasteiger partial charge in [-0.1, -0.05) is 5.16 Å². The van der Waals surface area contributed by atoms with Crippen LogP contribution in [0.5, 0.6) is 0 Å². The molecule has 0 aliphatic carbocycles. The first-order valence-electron chi connectivity index (χ1n) is 8.68. The van der Waals surface area contributed by atoms with Crippen molar-refractivity contribution in [2.75, 3.05) is 32.7 Å². The second kappa shape index (κ2) is 7.84. The van der Waals surface area contributed by atoms with Gasteiger partial charge in [0.2, 0.25) is 5.91 Å². The Morgan fingerprint density at radius 1 is 1.32 bits per heavy atom. The fraction of sp³-hybridized carbons (Fsp3) is 0.556. The van der Waals surface area contributed by atoms with Gasteiger partial charge in [0.15, 0.2) is 0 Å². The second-order valence-electron chi connectivity index (χ2n) is 6.52. The van der Waals surface area contributed by atoms with E-state index in [2.05, 4.69) is 10.1 Å². The van der Waals surface area contributed by atoms with Gasteiger partial charge in [-0.2, -0.15) is 0 Å². The van der Waals surface area contributed by atoms with Gasteiger partial charge in [-0.15, -0.1) is 0 Å². The van der Waals surface area contributed by atoms with E-state index in [1.54, 1.807) is 18.4 Å². The highest BCUT2D eigenvalue weighted by atomic mass is 16.5. The summed E-state index contributed by atoms with van der Waals surface area (Å²) in [6, 6.07) is 3.55. The van der Waals surface area contributed by atoms with Crippen LogP contribution in [0, 0.1) is 13.8 Å². The van der Waals surface area contributed by atoms with E-state index in [-0.39, 0.29) is 5.91 Å². The van der Waals surface area contributed by atoms with Gasteiger partial charge in [-0.05, 0) is 32.4 Å². The third-order valence-corrected chi connectivity index (χ3v) is 4.80. The summed E-state index contributed by atoms with van der Waals surface area (Å²) in [7, 11) is 0. The van der Waals surface area contributed by atoms with Crippen molar-refractivity contribution in [3.63, 3.8) is 0 Å². The van der Waals surface area contributed by atoms with Crippen molar-refractivity contribution < 1.29 is 18.8 Å². The summed E-state index contributed by atoms with van der Waals surface area (Å²) in [5.74, 6) is 1.53. The number of nitrogens with zero attached hydrogens (tertiary/aromatic N) is 3. The predicted molar refractivity (Wildman–Crippen MR) is 91.0 cm³/mol. The minimum Gasteiger partial charge on any atom is -0.467 e. The molecular formula is C18H25N3O4. The topological polar surface area (TPSA) is 83.0 Å². The normalized spacial score (nSPS) is 17.0. The Morgan fingerprint density at radius 3 is 2.68 bits per heavy atom. The lowest BCUT2D eigenvalue weighted by Gasteiger charge is -2.35. The molecule has 136 valence electrons. The van der Waals surface area contributed by atoms with E-state index in [1.165, 1.54) is 0 Å². The highest BCUT2D eigenvalue weighted by Gasteiger charge is 2.24. The van der Waals surface area contributed by atoms with E-state index in [4.69, 9.17) is 8.94 Å². The number of hydrogen-bond donors (Lipinski definition) is 1. The number of aliphatic hydroxyl groups is 1. The molecule has 1 saturated heterocycles. The molecule has 2 aromatic heterocycles. The molecule has 1 aliphatic heterocycles. The Kier molecular flexibility index (Phi) is 5.55. The van der Waals surface area contributed by atoms with Crippen molar-refractivity contribution in [3.8, 4) is 0 Å². The highest BCUT2D eigenvalue weighted by Crippen LogP contribution is 2.17. The van der Waals surface area contributed by atoms with Gasteiger partial charge in [0.1, 0.15) is 17.6 Å². The number of piperazine rings is 1. The highest BCUT2D eigenvalue weighted by molar-refractivity contribution is 5.76. The van der Waals surface area contributed by atoms with Gasteiger partial charge in [-0.25, -0.2) is 0 Å². The first kappa shape index (κ1) is 17.7. The van der Waals surface area contributed by atoms with Crippen LogP contribution >= 0.6 is 0 Å². The molecular weight excluding hydrogens is 322 g/mol. The zero-order valence-corrected chi connectivity index (χ0v) is 14.8. The summed E-state index contributed by atoms with van der Waals surface area (Å²) in [4.78, 5) is 16.5. The minimum atomic E-state index is -0.628. The average molecular weight is 347 g/mol. The van der Waals surface area contributed by atoms with Gasteiger partial charge >= 0.3 is 0 Å². The van der Waals surface area contributed by atoms with Gasteiger partial charge in [0, 0.05) is 44.7 Å². The van der Waals surface area contributed by atoms with Gasteiger partial charge in [0.25, 0.3) is 0 Å². The fourth-order valence-electron chi connectivity index (χ4n) is 3.24. The first-order valence-corrected chi connectivity index (χ1v) is 8.68. The Labute approximate surface area is 147 Å². The molecule has 1 atom stereocenters. The molecule has 0 bridgehead atoms. The fourth-order valence-corrected chi connectivity index (χ4v) is 3.24. The van der Waals surface area contributed by atoms with Crippen LogP contribution in [0.25, 0.3) is 0 Å². The number of furan rings is 1. The van der Waals surface area contributed by atoms with Crippen molar-refractivity contribution in [2.24, 2.45) is 0 Å². The second-order valence-corrected chi connectivity index (χ2v) is 6.52. The number of amides is 1. The van der Waals surface area contributed by atoms with E-state index in [0.717, 1.165) is 30.1 Å². The molecule has 7 nitrogen and oxygen atoms in total. The number of aromatic nitrogens is 1. The monoisotopic (exact) mass is 347 g/mol.